The molecule has 1 unspecified atom stereocenters. The van der Waals surface area contributed by atoms with Crippen LogP contribution in [0.4, 0.5) is 4.39 Å². The number of halogens is 2. The molecule has 0 aliphatic carbocycles. The minimum atomic E-state index is -0.193. The van der Waals surface area contributed by atoms with E-state index in [1.165, 1.54) is 63.0 Å². The van der Waals surface area contributed by atoms with E-state index in [9.17, 15) is 4.39 Å². The van der Waals surface area contributed by atoms with Gasteiger partial charge in [-0.2, -0.15) is 5.10 Å². The number of rotatable bonds is 5. The molecule has 2 saturated heterocycles. The first kappa shape index (κ1) is 19.3. The van der Waals surface area contributed by atoms with Crippen LogP contribution in [0.15, 0.2) is 36.7 Å². The van der Waals surface area contributed by atoms with Crippen LogP contribution in [0.1, 0.15) is 36.8 Å². The molecule has 4 rings (SSSR count). The fourth-order valence-electron chi connectivity index (χ4n) is 4.24. The smallest absolute Gasteiger partial charge is 0.123 e. The van der Waals surface area contributed by atoms with Gasteiger partial charge in [-0.05, 0) is 68.9 Å². The lowest BCUT2D eigenvalue weighted by Crippen LogP contribution is -2.40. The van der Waals surface area contributed by atoms with Crippen molar-refractivity contribution in [1.82, 2.24) is 20.0 Å². The first-order chi connectivity index (χ1) is 12.3. The normalized spacial score (nSPS) is 21.7. The largest absolute Gasteiger partial charge is 0.314 e. The maximum Gasteiger partial charge on any atom is 0.123 e. The molecule has 6 heteroatoms. The summed E-state index contributed by atoms with van der Waals surface area (Å²) >= 11 is 0. The molecule has 0 radical (unpaired) electrons. The zero-order chi connectivity index (χ0) is 17.1. The highest BCUT2D eigenvalue weighted by Crippen LogP contribution is 2.26. The summed E-state index contributed by atoms with van der Waals surface area (Å²) in [6.07, 6.45) is 9.41. The van der Waals surface area contributed by atoms with E-state index in [4.69, 9.17) is 0 Å². The summed E-state index contributed by atoms with van der Waals surface area (Å²) in [4.78, 5) is 2.55. The van der Waals surface area contributed by atoms with Crippen molar-refractivity contribution in [3.63, 3.8) is 0 Å². The van der Waals surface area contributed by atoms with Crippen molar-refractivity contribution >= 4 is 12.4 Å². The van der Waals surface area contributed by atoms with Crippen molar-refractivity contribution in [1.29, 1.82) is 0 Å². The molecule has 0 spiro atoms. The number of likely N-dealkylation sites (tertiary alicyclic amines) is 1. The van der Waals surface area contributed by atoms with Crippen LogP contribution in [0.25, 0.3) is 0 Å². The van der Waals surface area contributed by atoms with Gasteiger partial charge in [-0.15, -0.1) is 12.4 Å². The summed E-state index contributed by atoms with van der Waals surface area (Å²) in [5, 5.41) is 8.13. The molecule has 142 valence electrons. The predicted octanol–water partition coefficient (Wildman–Crippen LogP) is 3.46. The zero-order valence-corrected chi connectivity index (χ0v) is 15.9. The molecule has 2 aliphatic heterocycles. The van der Waals surface area contributed by atoms with Crippen molar-refractivity contribution in [3.8, 4) is 0 Å². The lowest BCUT2D eigenvalue weighted by molar-refractivity contribution is 0.157. The molecule has 2 fully saturated rings. The zero-order valence-electron chi connectivity index (χ0n) is 15.1. The van der Waals surface area contributed by atoms with Crippen LogP contribution < -0.4 is 5.32 Å². The van der Waals surface area contributed by atoms with Gasteiger partial charge in [0.2, 0.25) is 0 Å². The summed E-state index contributed by atoms with van der Waals surface area (Å²) in [5.74, 6) is 0.668. The summed E-state index contributed by atoms with van der Waals surface area (Å²) in [6, 6.07) is 7.41. The highest BCUT2D eigenvalue weighted by Gasteiger charge is 2.28. The SMILES string of the molecule is Cl.Fc1ccc(Cn2cc(CN3CCC(C4CCCN4)CC3)cn2)cc1. The lowest BCUT2D eigenvalue weighted by Gasteiger charge is -2.34. The third kappa shape index (κ3) is 4.84. The maximum atomic E-state index is 13.0. The van der Waals surface area contributed by atoms with E-state index in [0.29, 0.717) is 6.54 Å². The van der Waals surface area contributed by atoms with Crippen molar-refractivity contribution in [2.24, 2.45) is 5.92 Å². The lowest BCUT2D eigenvalue weighted by atomic mass is 9.88. The van der Waals surface area contributed by atoms with E-state index in [0.717, 1.165) is 24.1 Å². The Morgan fingerprint density at radius 3 is 2.50 bits per heavy atom. The molecule has 3 heterocycles. The first-order valence-corrected chi connectivity index (χ1v) is 9.48. The van der Waals surface area contributed by atoms with Gasteiger partial charge < -0.3 is 5.32 Å². The Kier molecular flexibility index (Phi) is 6.68. The highest BCUT2D eigenvalue weighted by molar-refractivity contribution is 5.85. The third-order valence-corrected chi connectivity index (χ3v) is 5.65. The number of nitrogens with zero attached hydrogens (tertiary/aromatic N) is 3. The van der Waals surface area contributed by atoms with Gasteiger partial charge in [0.25, 0.3) is 0 Å². The van der Waals surface area contributed by atoms with Gasteiger partial charge in [0, 0.05) is 24.3 Å². The summed E-state index contributed by atoms with van der Waals surface area (Å²) < 4.78 is 14.9. The minimum absolute atomic E-state index is 0. The quantitative estimate of drug-likeness (QED) is 0.865. The van der Waals surface area contributed by atoms with Crippen LogP contribution in [0, 0.1) is 11.7 Å². The predicted molar refractivity (Wildman–Crippen MR) is 104 cm³/mol. The standard InChI is InChI=1S/C20H27FN4.ClH/c21-19-5-3-16(4-6-19)14-25-15-17(12-23-25)13-24-10-7-18(8-11-24)20-2-1-9-22-20;/h3-6,12,15,18,20,22H,1-2,7-11,13-14H2;1H. The summed E-state index contributed by atoms with van der Waals surface area (Å²) in [7, 11) is 0. The molecule has 4 nitrogen and oxygen atoms in total. The molecule has 2 aromatic rings. The van der Waals surface area contributed by atoms with Gasteiger partial charge in [0.1, 0.15) is 5.82 Å². The van der Waals surface area contributed by atoms with E-state index in [-0.39, 0.29) is 18.2 Å². The van der Waals surface area contributed by atoms with Gasteiger partial charge in [0.15, 0.2) is 0 Å². The van der Waals surface area contributed by atoms with Gasteiger partial charge >= 0.3 is 0 Å². The van der Waals surface area contributed by atoms with E-state index < -0.39 is 0 Å². The Balaban J connectivity index is 0.00000196. The van der Waals surface area contributed by atoms with Crippen LogP contribution in [-0.4, -0.2) is 40.4 Å². The number of hydrogen-bond donors (Lipinski definition) is 1. The Morgan fingerprint density at radius 2 is 1.81 bits per heavy atom. The van der Waals surface area contributed by atoms with Crippen LogP contribution in [0.3, 0.4) is 0 Å². The molecule has 1 N–H and O–H groups in total. The van der Waals surface area contributed by atoms with Crippen LogP contribution >= 0.6 is 12.4 Å². The molecule has 1 aromatic carbocycles. The number of nitrogens with one attached hydrogen (secondary N) is 1. The molecular weight excluding hydrogens is 351 g/mol. The second-order valence-electron chi connectivity index (χ2n) is 7.49. The van der Waals surface area contributed by atoms with Gasteiger partial charge in [0.05, 0.1) is 12.7 Å². The van der Waals surface area contributed by atoms with Crippen molar-refractivity contribution in [2.45, 2.75) is 44.8 Å². The number of hydrogen-bond acceptors (Lipinski definition) is 3. The van der Waals surface area contributed by atoms with E-state index in [1.807, 2.05) is 23.0 Å². The number of aromatic nitrogens is 2. The molecular formula is C20H28ClFN4. The van der Waals surface area contributed by atoms with Crippen LogP contribution in [-0.2, 0) is 13.1 Å². The van der Waals surface area contributed by atoms with Crippen LogP contribution in [0.5, 0.6) is 0 Å². The highest BCUT2D eigenvalue weighted by atomic mass is 35.5. The Hall–Kier alpha value is -1.43. The van der Waals surface area contributed by atoms with E-state index >= 15 is 0 Å². The fourth-order valence-corrected chi connectivity index (χ4v) is 4.24. The van der Waals surface area contributed by atoms with E-state index in [1.54, 1.807) is 0 Å². The van der Waals surface area contributed by atoms with Crippen LogP contribution in [0.2, 0.25) is 0 Å². The van der Waals surface area contributed by atoms with Gasteiger partial charge in [-0.1, -0.05) is 12.1 Å². The maximum absolute atomic E-state index is 13.0. The molecule has 2 aliphatic rings. The first-order valence-electron chi connectivity index (χ1n) is 9.48. The van der Waals surface area contributed by atoms with Gasteiger partial charge in [-0.3, -0.25) is 9.58 Å². The van der Waals surface area contributed by atoms with Crippen molar-refractivity contribution in [3.05, 3.63) is 53.6 Å². The molecule has 1 atom stereocenters. The molecule has 0 amide bonds. The molecule has 26 heavy (non-hydrogen) atoms. The summed E-state index contributed by atoms with van der Waals surface area (Å²) in [6.45, 7) is 5.25. The average molecular weight is 379 g/mol. The number of piperidine rings is 1. The van der Waals surface area contributed by atoms with Crippen molar-refractivity contribution < 1.29 is 4.39 Å². The fraction of sp³-hybridized carbons (Fsp3) is 0.550. The molecule has 0 bridgehead atoms. The molecule has 1 aromatic heterocycles. The topological polar surface area (TPSA) is 33.1 Å². The monoisotopic (exact) mass is 378 g/mol. The average Bonchev–Trinajstić information content (AvgIpc) is 3.30. The third-order valence-electron chi connectivity index (χ3n) is 5.65. The van der Waals surface area contributed by atoms with Crippen molar-refractivity contribution in [2.75, 3.05) is 19.6 Å². The minimum Gasteiger partial charge on any atom is -0.314 e. The molecule has 0 saturated carbocycles. The second kappa shape index (κ2) is 8.98. The second-order valence-corrected chi connectivity index (χ2v) is 7.49. The van der Waals surface area contributed by atoms with Gasteiger partial charge in [-0.25, -0.2) is 4.39 Å². The summed E-state index contributed by atoms with van der Waals surface area (Å²) in [5.41, 5.74) is 2.33. The Morgan fingerprint density at radius 1 is 1.04 bits per heavy atom. The number of benzene rings is 1. The Bertz CT molecular complexity index is 673. The van der Waals surface area contributed by atoms with E-state index in [2.05, 4.69) is 21.5 Å². The Labute approximate surface area is 161 Å².